The first kappa shape index (κ1) is 7.36. The zero-order valence-electron chi connectivity index (χ0n) is 4.90. The Morgan fingerprint density at radius 2 is 2.44 bits per heavy atom. The predicted octanol–water partition coefficient (Wildman–Crippen LogP) is 3.04. The van der Waals surface area contributed by atoms with Gasteiger partial charge >= 0.3 is 0 Å². The van der Waals surface area contributed by atoms with E-state index in [1.54, 1.807) is 0 Å². The van der Waals surface area contributed by atoms with Gasteiger partial charge in [0.2, 0.25) is 0 Å². The molecule has 0 nitrogen and oxygen atoms in total. The minimum Gasteiger partial charge on any atom is -0.0879 e. The minimum atomic E-state index is 0.857. The molecule has 0 aromatic carbocycles. The molecule has 0 fully saturated rings. The lowest BCUT2D eigenvalue weighted by Gasteiger charge is -2.06. The van der Waals surface area contributed by atoms with Gasteiger partial charge in [-0.2, -0.15) is 0 Å². The van der Waals surface area contributed by atoms with Crippen LogP contribution >= 0.6 is 27.5 Å². The van der Waals surface area contributed by atoms with E-state index in [4.69, 9.17) is 11.6 Å². The molecule has 0 amide bonds. The Kier molecular flexibility index (Phi) is 2.80. The highest BCUT2D eigenvalue weighted by Gasteiger charge is 2.03. The highest BCUT2D eigenvalue weighted by Crippen LogP contribution is 2.21. The van der Waals surface area contributed by atoms with Gasteiger partial charge < -0.3 is 0 Å². The van der Waals surface area contributed by atoms with Gasteiger partial charge in [0, 0.05) is 10.4 Å². The summed E-state index contributed by atoms with van der Waals surface area (Å²) >= 11 is 9.16. The zero-order valence-corrected chi connectivity index (χ0v) is 7.24. The average Bonchev–Trinajstić information content (AvgIpc) is 1.89. The first-order chi connectivity index (χ1) is 4.34. The molecule has 1 aliphatic rings. The van der Waals surface area contributed by atoms with Gasteiger partial charge in [-0.15, -0.1) is 0 Å². The van der Waals surface area contributed by atoms with Gasteiger partial charge in [-0.1, -0.05) is 33.6 Å². The van der Waals surface area contributed by atoms with Gasteiger partial charge in [-0.05, 0) is 24.5 Å². The summed E-state index contributed by atoms with van der Waals surface area (Å²) in [5.41, 5.74) is 1.19. The molecule has 0 unspecified atom stereocenters. The van der Waals surface area contributed by atoms with Gasteiger partial charge in [-0.3, -0.25) is 0 Å². The lowest BCUT2D eigenvalue weighted by Crippen LogP contribution is -1.91. The molecule has 9 heavy (non-hydrogen) atoms. The first-order valence-electron chi connectivity index (χ1n) is 2.79. The Labute approximate surface area is 68.7 Å². The molecule has 0 spiro atoms. The van der Waals surface area contributed by atoms with Gasteiger partial charge in [-0.25, -0.2) is 0 Å². The molecule has 0 bridgehead atoms. The summed E-state index contributed by atoms with van der Waals surface area (Å²) in [4.78, 5) is 0. The topological polar surface area (TPSA) is 0 Å². The van der Waals surface area contributed by atoms with E-state index >= 15 is 0 Å². The average molecular weight is 206 g/mol. The second-order valence-electron chi connectivity index (χ2n) is 1.85. The molecule has 0 saturated heterocycles. The number of allylic oxidation sites excluding steroid dienone is 4. The van der Waals surface area contributed by atoms with Crippen LogP contribution in [0, 0.1) is 6.42 Å². The van der Waals surface area contributed by atoms with Gasteiger partial charge in [0.1, 0.15) is 0 Å². The van der Waals surface area contributed by atoms with E-state index in [2.05, 4.69) is 28.4 Å². The standard InChI is InChI=1S/C7H7BrCl/c8-5-6-3-1-2-4-7(6)9/h2-4H,1,5H2. The molecule has 49 valence electrons. The van der Waals surface area contributed by atoms with Crippen LogP contribution < -0.4 is 0 Å². The molecule has 1 rings (SSSR count). The van der Waals surface area contributed by atoms with E-state index in [9.17, 15) is 0 Å². The van der Waals surface area contributed by atoms with Crippen molar-refractivity contribution in [3.8, 4) is 0 Å². The zero-order chi connectivity index (χ0) is 6.69. The third kappa shape index (κ3) is 1.84. The number of hydrogen-bond acceptors (Lipinski definition) is 0. The van der Waals surface area contributed by atoms with Crippen LogP contribution in [0.5, 0.6) is 0 Å². The lowest BCUT2D eigenvalue weighted by molar-refractivity contribution is 1.18. The fourth-order valence-electron chi connectivity index (χ4n) is 0.705. The predicted molar refractivity (Wildman–Crippen MR) is 44.7 cm³/mol. The molecule has 0 aliphatic heterocycles. The van der Waals surface area contributed by atoms with E-state index in [1.165, 1.54) is 5.57 Å². The van der Waals surface area contributed by atoms with Crippen LogP contribution in [0.15, 0.2) is 22.8 Å². The van der Waals surface area contributed by atoms with Crippen molar-refractivity contribution >= 4 is 27.5 Å². The summed E-state index contributed by atoms with van der Waals surface area (Å²) in [6.45, 7) is 0. The monoisotopic (exact) mass is 205 g/mol. The van der Waals surface area contributed by atoms with E-state index in [1.807, 2.05) is 6.08 Å². The maximum absolute atomic E-state index is 5.81. The second-order valence-corrected chi connectivity index (χ2v) is 2.82. The van der Waals surface area contributed by atoms with Crippen molar-refractivity contribution in [2.45, 2.75) is 6.42 Å². The van der Waals surface area contributed by atoms with E-state index in [-0.39, 0.29) is 0 Å². The largest absolute Gasteiger partial charge is 0.0879 e. The Balaban J connectivity index is 2.72. The molecule has 0 aromatic rings. The maximum atomic E-state index is 5.81. The Morgan fingerprint density at radius 1 is 1.67 bits per heavy atom. The lowest BCUT2D eigenvalue weighted by atomic mass is 10.1. The quantitative estimate of drug-likeness (QED) is 0.579. The maximum Gasteiger partial charge on any atom is 0.0406 e. The van der Waals surface area contributed by atoms with Gasteiger partial charge in [0.25, 0.3) is 0 Å². The smallest absolute Gasteiger partial charge is 0.0406 e. The normalized spacial score (nSPS) is 18.9. The molecular formula is C7H7BrCl. The van der Waals surface area contributed by atoms with Crippen LogP contribution in [-0.2, 0) is 0 Å². The van der Waals surface area contributed by atoms with Gasteiger partial charge in [0.05, 0.1) is 0 Å². The molecule has 0 atom stereocenters. The molecule has 0 N–H and O–H groups in total. The molecule has 0 heterocycles. The van der Waals surface area contributed by atoms with Crippen molar-refractivity contribution in [3.63, 3.8) is 0 Å². The molecular weight excluding hydrogens is 199 g/mol. The highest BCUT2D eigenvalue weighted by atomic mass is 79.9. The van der Waals surface area contributed by atoms with Crippen LogP contribution in [0.25, 0.3) is 0 Å². The van der Waals surface area contributed by atoms with Crippen LogP contribution in [0.4, 0.5) is 0 Å². The second kappa shape index (κ2) is 3.43. The Morgan fingerprint density at radius 3 is 2.89 bits per heavy atom. The van der Waals surface area contributed by atoms with E-state index < -0.39 is 0 Å². The number of alkyl halides is 1. The van der Waals surface area contributed by atoms with Crippen LogP contribution in [-0.4, -0.2) is 5.33 Å². The van der Waals surface area contributed by atoms with E-state index in [0.717, 1.165) is 16.8 Å². The van der Waals surface area contributed by atoms with Crippen molar-refractivity contribution in [1.82, 2.24) is 0 Å². The molecule has 1 radical (unpaired) electrons. The number of halogens is 2. The van der Waals surface area contributed by atoms with E-state index in [0.29, 0.717) is 0 Å². The molecule has 2 heteroatoms. The van der Waals surface area contributed by atoms with Gasteiger partial charge in [0.15, 0.2) is 0 Å². The van der Waals surface area contributed by atoms with Crippen molar-refractivity contribution < 1.29 is 0 Å². The van der Waals surface area contributed by atoms with Crippen molar-refractivity contribution in [1.29, 1.82) is 0 Å². The fraction of sp³-hybridized carbons (Fsp3) is 0.286. The molecule has 0 aromatic heterocycles. The molecule has 1 aliphatic carbocycles. The van der Waals surface area contributed by atoms with Crippen molar-refractivity contribution in [2.24, 2.45) is 0 Å². The Bertz CT molecular complexity index is 158. The molecule has 0 saturated carbocycles. The number of hydrogen-bond donors (Lipinski definition) is 0. The third-order valence-electron chi connectivity index (χ3n) is 1.22. The fourth-order valence-corrected chi connectivity index (χ4v) is 1.63. The summed E-state index contributed by atoms with van der Waals surface area (Å²) in [5, 5.41) is 1.72. The first-order valence-corrected chi connectivity index (χ1v) is 4.29. The van der Waals surface area contributed by atoms with Crippen LogP contribution in [0.3, 0.4) is 0 Å². The minimum absolute atomic E-state index is 0.857. The van der Waals surface area contributed by atoms with Crippen LogP contribution in [0.2, 0.25) is 0 Å². The number of rotatable bonds is 1. The summed E-state index contributed by atoms with van der Waals surface area (Å²) in [5.74, 6) is 0. The van der Waals surface area contributed by atoms with Crippen molar-refractivity contribution in [3.05, 3.63) is 29.2 Å². The third-order valence-corrected chi connectivity index (χ3v) is 2.19. The highest BCUT2D eigenvalue weighted by molar-refractivity contribution is 9.09. The SMILES string of the molecule is ClC1=C(CBr)[CH]CC=C1. The summed E-state index contributed by atoms with van der Waals surface area (Å²) in [7, 11) is 0. The summed E-state index contributed by atoms with van der Waals surface area (Å²) < 4.78 is 0. The van der Waals surface area contributed by atoms with Crippen LogP contribution in [0.1, 0.15) is 6.42 Å². The Hall–Kier alpha value is 0.250. The summed E-state index contributed by atoms with van der Waals surface area (Å²) in [6.07, 6.45) is 7.13. The summed E-state index contributed by atoms with van der Waals surface area (Å²) in [6, 6.07) is 0. The van der Waals surface area contributed by atoms with Crippen molar-refractivity contribution in [2.75, 3.05) is 5.33 Å².